The van der Waals surface area contributed by atoms with Gasteiger partial charge in [0.05, 0.1) is 11.8 Å². The van der Waals surface area contributed by atoms with E-state index in [2.05, 4.69) is 15.3 Å². The second kappa shape index (κ2) is 5.52. The molecule has 0 unspecified atom stereocenters. The van der Waals surface area contributed by atoms with E-state index in [1.165, 1.54) is 12.5 Å². The van der Waals surface area contributed by atoms with Crippen LogP contribution < -0.4 is 5.32 Å². The van der Waals surface area contributed by atoms with E-state index in [4.69, 9.17) is 4.42 Å². The van der Waals surface area contributed by atoms with E-state index < -0.39 is 11.7 Å². The molecule has 19 heavy (non-hydrogen) atoms. The van der Waals surface area contributed by atoms with Crippen LogP contribution in [0.3, 0.4) is 0 Å². The molecular formula is C11H10F3N3OS. The van der Waals surface area contributed by atoms with Crippen LogP contribution in [0.2, 0.25) is 0 Å². The van der Waals surface area contributed by atoms with Gasteiger partial charge in [-0.05, 0) is 30.8 Å². The van der Waals surface area contributed by atoms with Crippen molar-refractivity contribution < 1.29 is 17.6 Å². The summed E-state index contributed by atoms with van der Waals surface area (Å²) in [6.07, 6.45) is -1.65. The molecule has 0 radical (unpaired) electrons. The molecule has 0 aliphatic heterocycles. The van der Waals surface area contributed by atoms with Crippen molar-refractivity contribution in [1.29, 1.82) is 0 Å². The van der Waals surface area contributed by atoms with Gasteiger partial charge in [-0.25, -0.2) is 9.97 Å². The standard InChI is InChI=1S/C11H10F3N3OS/c1-2-15-8-5-7(11(12,13)14)6-9(17-8)19-10-16-3-4-18-10/h3-6H,2H2,1H3,(H,15,17). The average molecular weight is 289 g/mol. The zero-order chi connectivity index (χ0) is 13.9. The molecule has 0 fully saturated rings. The van der Waals surface area contributed by atoms with Gasteiger partial charge < -0.3 is 9.73 Å². The first-order chi connectivity index (χ1) is 8.99. The van der Waals surface area contributed by atoms with E-state index in [0.717, 1.165) is 23.9 Å². The van der Waals surface area contributed by atoms with Crippen LogP contribution in [0.15, 0.2) is 39.3 Å². The highest BCUT2D eigenvalue weighted by Crippen LogP contribution is 2.34. The summed E-state index contributed by atoms with van der Waals surface area (Å²) in [5.74, 6) is 0.173. The summed E-state index contributed by atoms with van der Waals surface area (Å²) in [4.78, 5) is 7.90. The minimum absolute atomic E-state index is 0.173. The Morgan fingerprint density at radius 3 is 2.74 bits per heavy atom. The Labute approximate surface area is 111 Å². The van der Waals surface area contributed by atoms with Crippen LogP contribution in [0.1, 0.15) is 12.5 Å². The molecule has 0 spiro atoms. The molecule has 0 aromatic carbocycles. The van der Waals surface area contributed by atoms with E-state index in [-0.39, 0.29) is 16.1 Å². The third-order valence-corrected chi connectivity index (χ3v) is 2.88. The normalized spacial score (nSPS) is 11.6. The van der Waals surface area contributed by atoms with Gasteiger partial charge in [0.25, 0.3) is 5.22 Å². The van der Waals surface area contributed by atoms with Crippen LogP contribution in [0.4, 0.5) is 19.0 Å². The maximum atomic E-state index is 12.8. The fourth-order valence-electron chi connectivity index (χ4n) is 1.34. The molecule has 0 amide bonds. The van der Waals surface area contributed by atoms with Gasteiger partial charge in [-0.3, -0.25) is 0 Å². The predicted molar refractivity (Wildman–Crippen MR) is 64.0 cm³/mol. The number of hydrogen-bond donors (Lipinski definition) is 1. The number of hydrogen-bond acceptors (Lipinski definition) is 5. The number of aromatic nitrogens is 2. The summed E-state index contributed by atoms with van der Waals surface area (Å²) in [5.41, 5.74) is -0.757. The molecule has 4 nitrogen and oxygen atoms in total. The molecule has 1 N–H and O–H groups in total. The fourth-order valence-corrected chi connectivity index (χ4v) is 2.07. The summed E-state index contributed by atoms with van der Waals surface area (Å²) in [6, 6.07) is 1.94. The first-order valence-electron chi connectivity index (χ1n) is 5.39. The van der Waals surface area contributed by atoms with Gasteiger partial charge in [-0.2, -0.15) is 13.2 Å². The summed E-state index contributed by atoms with van der Waals surface area (Å²) in [7, 11) is 0. The number of halogens is 3. The van der Waals surface area contributed by atoms with Crippen LogP contribution >= 0.6 is 11.8 Å². The lowest BCUT2D eigenvalue weighted by Crippen LogP contribution is -2.08. The molecule has 2 heterocycles. The topological polar surface area (TPSA) is 51.0 Å². The van der Waals surface area contributed by atoms with E-state index >= 15 is 0 Å². The van der Waals surface area contributed by atoms with Crippen molar-refractivity contribution in [2.45, 2.75) is 23.3 Å². The highest BCUT2D eigenvalue weighted by atomic mass is 32.2. The Hall–Kier alpha value is -1.70. The first-order valence-corrected chi connectivity index (χ1v) is 6.21. The van der Waals surface area contributed by atoms with Crippen molar-refractivity contribution in [2.75, 3.05) is 11.9 Å². The summed E-state index contributed by atoms with van der Waals surface area (Å²) in [6.45, 7) is 2.26. The number of pyridine rings is 1. The lowest BCUT2D eigenvalue weighted by Gasteiger charge is -2.11. The van der Waals surface area contributed by atoms with Crippen LogP contribution in [0, 0.1) is 0 Å². The maximum absolute atomic E-state index is 12.8. The van der Waals surface area contributed by atoms with Crippen molar-refractivity contribution in [2.24, 2.45) is 0 Å². The zero-order valence-electron chi connectivity index (χ0n) is 9.86. The average Bonchev–Trinajstić information content (AvgIpc) is 2.81. The van der Waals surface area contributed by atoms with Crippen LogP contribution in [-0.4, -0.2) is 16.5 Å². The van der Waals surface area contributed by atoms with Gasteiger partial charge in [0.2, 0.25) is 0 Å². The number of oxazole rings is 1. The molecular weight excluding hydrogens is 279 g/mol. The molecule has 2 aromatic heterocycles. The molecule has 0 atom stereocenters. The molecule has 2 aromatic rings. The van der Waals surface area contributed by atoms with Gasteiger partial charge in [0, 0.05) is 6.54 Å². The van der Waals surface area contributed by atoms with Crippen molar-refractivity contribution >= 4 is 17.6 Å². The van der Waals surface area contributed by atoms with E-state index in [1.54, 1.807) is 6.92 Å². The number of nitrogens with one attached hydrogen (secondary N) is 1. The zero-order valence-corrected chi connectivity index (χ0v) is 10.7. The fraction of sp³-hybridized carbons (Fsp3) is 0.273. The first kappa shape index (κ1) is 13.7. The van der Waals surface area contributed by atoms with Crippen molar-refractivity contribution in [3.63, 3.8) is 0 Å². The maximum Gasteiger partial charge on any atom is 0.416 e. The highest BCUT2D eigenvalue weighted by Gasteiger charge is 2.31. The van der Waals surface area contributed by atoms with Crippen molar-refractivity contribution in [3.05, 3.63) is 30.2 Å². The summed E-state index contributed by atoms with van der Waals surface area (Å²) >= 11 is 0.936. The second-order valence-electron chi connectivity index (χ2n) is 3.51. The molecule has 0 saturated carbocycles. The van der Waals surface area contributed by atoms with E-state index in [1.807, 2.05) is 0 Å². The summed E-state index contributed by atoms with van der Waals surface area (Å²) in [5, 5.41) is 3.18. The Bertz CT molecular complexity index is 543. The monoisotopic (exact) mass is 289 g/mol. The number of anilines is 1. The number of nitrogens with zero attached hydrogens (tertiary/aromatic N) is 2. The molecule has 0 saturated heterocycles. The van der Waals surface area contributed by atoms with E-state index in [9.17, 15) is 13.2 Å². The minimum atomic E-state index is -4.42. The quantitative estimate of drug-likeness (QED) is 0.930. The lowest BCUT2D eigenvalue weighted by molar-refractivity contribution is -0.137. The smallest absolute Gasteiger partial charge is 0.416 e. The Morgan fingerprint density at radius 1 is 1.37 bits per heavy atom. The van der Waals surface area contributed by atoms with Gasteiger partial charge in [0.1, 0.15) is 17.1 Å². The van der Waals surface area contributed by atoms with Crippen LogP contribution in [-0.2, 0) is 6.18 Å². The molecule has 0 aliphatic rings. The Balaban J connectivity index is 2.34. The van der Waals surface area contributed by atoms with Crippen molar-refractivity contribution in [3.8, 4) is 0 Å². The molecule has 102 valence electrons. The second-order valence-corrected chi connectivity index (χ2v) is 4.48. The Morgan fingerprint density at radius 2 is 2.16 bits per heavy atom. The Kier molecular flexibility index (Phi) is 3.98. The predicted octanol–water partition coefficient (Wildman–Crippen LogP) is 3.67. The van der Waals surface area contributed by atoms with Crippen molar-refractivity contribution in [1.82, 2.24) is 9.97 Å². The molecule has 0 aliphatic carbocycles. The van der Waals surface area contributed by atoms with Gasteiger partial charge in [0.15, 0.2) is 0 Å². The molecule has 8 heteroatoms. The van der Waals surface area contributed by atoms with E-state index in [0.29, 0.717) is 6.54 Å². The third-order valence-electron chi connectivity index (χ3n) is 2.09. The summed E-state index contributed by atoms with van der Waals surface area (Å²) < 4.78 is 43.3. The SMILES string of the molecule is CCNc1cc(C(F)(F)F)cc(Sc2ncco2)n1. The van der Waals surface area contributed by atoms with Gasteiger partial charge in [-0.1, -0.05) is 0 Å². The molecule has 2 rings (SSSR count). The highest BCUT2D eigenvalue weighted by molar-refractivity contribution is 7.99. The molecule has 0 bridgehead atoms. The largest absolute Gasteiger partial charge is 0.440 e. The van der Waals surface area contributed by atoms with Gasteiger partial charge >= 0.3 is 6.18 Å². The number of alkyl halides is 3. The van der Waals surface area contributed by atoms with Gasteiger partial charge in [-0.15, -0.1) is 0 Å². The third kappa shape index (κ3) is 3.63. The van der Waals surface area contributed by atoms with Crippen LogP contribution in [0.5, 0.6) is 0 Å². The minimum Gasteiger partial charge on any atom is -0.440 e. The number of rotatable bonds is 4. The lowest BCUT2D eigenvalue weighted by atomic mass is 10.2. The van der Waals surface area contributed by atoms with Crippen LogP contribution in [0.25, 0.3) is 0 Å².